The van der Waals surface area contributed by atoms with Crippen molar-refractivity contribution in [3.63, 3.8) is 0 Å². The quantitative estimate of drug-likeness (QED) is 0.123. The molecule has 1 radical (unpaired) electrons. The van der Waals surface area contributed by atoms with Crippen molar-refractivity contribution in [3.8, 4) is 33.6 Å². The molecule has 3 nitrogen and oxygen atoms in total. The van der Waals surface area contributed by atoms with Gasteiger partial charge in [0.15, 0.2) is 0 Å². The SMILES string of the molecule is CC(c1ccccc1)c1ccnc(-c2[c-]ccc3c2oc2cc(-c4ccccc4)ccc23)c1.[CH3][Ge]([CH3])([CH3])[c]1ccc(-c2[c-]cccc2)nc1.[Ir]. The van der Waals surface area contributed by atoms with E-state index in [1.54, 1.807) is 0 Å². The van der Waals surface area contributed by atoms with Gasteiger partial charge in [0.05, 0.1) is 5.58 Å². The smallest absolute Gasteiger partial charge is 0 e. The fourth-order valence-corrected chi connectivity index (χ4v) is 8.25. The predicted molar refractivity (Wildman–Crippen MR) is 207 cm³/mol. The standard InChI is InChI=1S/C31H22NO.C14H16GeN.Ir/c1-21(22-9-4-2-5-10-22)24-17-18-32-29(19-24)28-14-8-13-27-26-16-15-25(20-30(26)33-31(27)28)23-11-6-3-7-12-23;1-15(2,3)13-9-10-14(16-11-13)12-7-5-4-6-8-12;/h2-13,15-21H,1H3;4-7,9-11H,1-3H3;/q2*-1;. The maximum Gasteiger partial charge on any atom is 0 e. The van der Waals surface area contributed by atoms with Crippen LogP contribution in [0.1, 0.15) is 24.0 Å². The Kier molecular flexibility index (Phi) is 10.9. The zero-order chi connectivity index (χ0) is 33.8. The fraction of sp³-hybridized carbons (Fsp3) is 0.111. The fourth-order valence-electron chi connectivity index (χ4n) is 6.08. The molecule has 0 N–H and O–H groups in total. The summed E-state index contributed by atoms with van der Waals surface area (Å²) in [6.45, 7) is 2.23. The molecule has 1 atom stereocenters. The minimum Gasteiger partial charge on any atom is 0 e. The summed E-state index contributed by atoms with van der Waals surface area (Å²) in [6.07, 6.45) is 3.92. The molecule has 0 aliphatic heterocycles. The largest absolute Gasteiger partial charge is 0 e. The van der Waals surface area contributed by atoms with E-state index in [0.29, 0.717) is 0 Å². The van der Waals surface area contributed by atoms with E-state index < -0.39 is 13.3 Å². The van der Waals surface area contributed by atoms with Gasteiger partial charge in [-0.15, -0.1) is 18.2 Å². The first-order valence-corrected chi connectivity index (χ1v) is 24.1. The van der Waals surface area contributed by atoms with Gasteiger partial charge in [-0.05, 0) is 40.1 Å². The van der Waals surface area contributed by atoms with E-state index in [-0.39, 0.29) is 26.0 Å². The van der Waals surface area contributed by atoms with Crippen molar-refractivity contribution in [2.75, 3.05) is 0 Å². The average Bonchev–Trinajstić information content (AvgIpc) is 3.54. The molecule has 5 heteroatoms. The summed E-state index contributed by atoms with van der Waals surface area (Å²) in [5.74, 6) is 7.42. The number of hydrogen-bond acceptors (Lipinski definition) is 3. The van der Waals surface area contributed by atoms with Crippen LogP contribution in [0.25, 0.3) is 55.6 Å². The maximum atomic E-state index is 6.41. The molecule has 50 heavy (non-hydrogen) atoms. The van der Waals surface area contributed by atoms with Crippen LogP contribution in [-0.2, 0) is 20.1 Å². The Morgan fingerprint density at radius 1 is 0.620 bits per heavy atom. The number of aromatic nitrogens is 2. The molecule has 3 heterocycles. The van der Waals surface area contributed by atoms with Gasteiger partial charge >= 0.3 is 99.8 Å². The number of hydrogen-bond donors (Lipinski definition) is 0. The summed E-state index contributed by atoms with van der Waals surface area (Å²) in [7, 11) is 0. The number of pyridine rings is 2. The summed E-state index contributed by atoms with van der Waals surface area (Å²) in [5.41, 5.74) is 10.4. The Labute approximate surface area is 311 Å². The number of rotatable bonds is 6. The number of benzene rings is 5. The summed E-state index contributed by atoms with van der Waals surface area (Å²) in [4.78, 5) is 9.21. The van der Waals surface area contributed by atoms with Gasteiger partial charge in [0.2, 0.25) is 0 Å². The molecule has 8 rings (SSSR count). The summed E-state index contributed by atoms with van der Waals surface area (Å²) in [6, 6.07) is 54.5. The van der Waals surface area contributed by atoms with E-state index >= 15 is 0 Å². The van der Waals surface area contributed by atoms with Crippen molar-refractivity contribution in [1.82, 2.24) is 9.97 Å². The minimum atomic E-state index is -1.72. The molecule has 0 bridgehead atoms. The molecule has 0 amide bonds. The van der Waals surface area contributed by atoms with Gasteiger partial charge in [0.1, 0.15) is 5.58 Å². The van der Waals surface area contributed by atoms with Gasteiger partial charge in [-0.1, -0.05) is 96.7 Å². The van der Waals surface area contributed by atoms with E-state index in [9.17, 15) is 0 Å². The second kappa shape index (κ2) is 15.5. The van der Waals surface area contributed by atoms with Gasteiger partial charge in [-0.3, -0.25) is 0 Å². The molecule has 249 valence electrons. The van der Waals surface area contributed by atoms with Crippen LogP contribution in [0, 0.1) is 12.1 Å². The second-order valence-electron chi connectivity index (χ2n) is 13.3. The topological polar surface area (TPSA) is 38.9 Å². The van der Waals surface area contributed by atoms with Crippen LogP contribution in [-0.4, -0.2) is 23.2 Å². The van der Waals surface area contributed by atoms with Gasteiger partial charge in [0.25, 0.3) is 0 Å². The van der Waals surface area contributed by atoms with E-state index in [0.717, 1.165) is 50.0 Å². The zero-order valence-corrected chi connectivity index (χ0v) is 33.1. The molecule has 0 fully saturated rings. The van der Waals surface area contributed by atoms with Crippen molar-refractivity contribution in [1.29, 1.82) is 0 Å². The molecule has 0 aliphatic carbocycles. The molecular weight excluding hydrogens is 849 g/mol. The molecule has 3 aromatic heterocycles. The summed E-state index contributed by atoms with van der Waals surface area (Å²) >= 11 is -1.72. The second-order valence-corrected chi connectivity index (χ2v) is 24.0. The monoisotopic (exact) mass is 889 g/mol. The van der Waals surface area contributed by atoms with Crippen LogP contribution < -0.4 is 4.40 Å². The number of fused-ring (bicyclic) bond motifs is 3. The van der Waals surface area contributed by atoms with Crippen molar-refractivity contribution >= 4 is 39.6 Å². The van der Waals surface area contributed by atoms with Crippen molar-refractivity contribution in [2.45, 2.75) is 30.1 Å². The zero-order valence-electron chi connectivity index (χ0n) is 28.6. The van der Waals surface area contributed by atoms with Gasteiger partial charge in [0, 0.05) is 37.6 Å². The Morgan fingerprint density at radius 2 is 1.38 bits per heavy atom. The molecule has 1 unspecified atom stereocenters. The third-order valence-corrected chi connectivity index (χ3v) is 13.2. The average molecular weight is 888 g/mol. The van der Waals surface area contributed by atoms with Crippen molar-refractivity contribution in [2.24, 2.45) is 0 Å². The number of furan rings is 1. The molecule has 0 spiro atoms. The Bertz CT molecular complexity index is 2310. The normalized spacial score (nSPS) is 11.8. The first-order valence-electron chi connectivity index (χ1n) is 16.7. The van der Waals surface area contributed by atoms with Gasteiger partial charge < -0.3 is 9.40 Å². The third-order valence-electron chi connectivity index (χ3n) is 8.99. The summed E-state index contributed by atoms with van der Waals surface area (Å²) in [5, 5.41) is 2.19. The predicted octanol–water partition coefficient (Wildman–Crippen LogP) is 11.4. The molecule has 8 aromatic rings. The third kappa shape index (κ3) is 7.74. The molecule has 5 aromatic carbocycles. The molecule has 0 aliphatic rings. The van der Waals surface area contributed by atoms with E-state index in [2.05, 4.69) is 149 Å². The molecule has 0 saturated carbocycles. The van der Waals surface area contributed by atoms with Gasteiger partial charge in [-0.2, -0.15) is 0 Å². The maximum absolute atomic E-state index is 6.41. The van der Waals surface area contributed by atoms with Crippen LogP contribution >= 0.6 is 0 Å². The number of nitrogens with zero attached hydrogens (tertiary/aromatic N) is 2. The van der Waals surface area contributed by atoms with E-state index in [4.69, 9.17) is 4.42 Å². The first-order chi connectivity index (χ1) is 23.8. The Balaban J connectivity index is 0.000000215. The van der Waals surface area contributed by atoms with Crippen LogP contribution in [0.2, 0.25) is 17.3 Å². The molecular formula is C45H38GeIrN2O-2. The van der Waals surface area contributed by atoms with E-state index in [1.165, 1.54) is 21.1 Å². The van der Waals surface area contributed by atoms with Crippen LogP contribution in [0.5, 0.6) is 0 Å². The Hall–Kier alpha value is -4.61. The van der Waals surface area contributed by atoms with Crippen LogP contribution in [0.4, 0.5) is 0 Å². The van der Waals surface area contributed by atoms with E-state index in [1.807, 2.05) is 48.8 Å². The van der Waals surface area contributed by atoms with Crippen LogP contribution in [0.3, 0.4) is 0 Å². The first kappa shape index (κ1) is 35.2. The minimum absolute atomic E-state index is 0. The van der Waals surface area contributed by atoms with Crippen molar-refractivity contribution in [3.05, 3.63) is 175 Å². The summed E-state index contributed by atoms with van der Waals surface area (Å²) < 4.78 is 7.86. The Morgan fingerprint density at radius 3 is 2.08 bits per heavy atom. The van der Waals surface area contributed by atoms with Crippen LogP contribution in [0.15, 0.2) is 156 Å². The van der Waals surface area contributed by atoms with Crippen molar-refractivity contribution < 1.29 is 24.5 Å². The molecule has 0 saturated heterocycles. The van der Waals surface area contributed by atoms with Gasteiger partial charge in [-0.25, -0.2) is 0 Å².